The number of methoxy groups -OCH3 is 1. The predicted octanol–water partition coefficient (Wildman–Crippen LogP) is 0.959. The number of fused-ring (bicyclic) bond motifs is 1. The summed E-state index contributed by atoms with van der Waals surface area (Å²) in [6.07, 6.45) is 0. The van der Waals surface area contributed by atoms with Crippen LogP contribution in [0.2, 0.25) is 0 Å². The summed E-state index contributed by atoms with van der Waals surface area (Å²) in [6, 6.07) is 8.19. The van der Waals surface area contributed by atoms with E-state index in [9.17, 15) is 4.79 Å². The van der Waals surface area contributed by atoms with E-state index in [1.54, 1.807) is 7.11 Å². The first kappa shape index (κ1) is 13.9. The average molecular weight is 315 g/mol. The number of rotatable bonds is 3. The molecule has 1 N–H and O–H groups in total. The molecule has 8 heteroatoms. The molecule has 4 rings (SSSR count). The standard InChI is InChI=1S/C15H17N5O3/c1-22-12-4-2-3-10(7-12)13-17-15(23-18-13)19-5-6-20-11(9-19)8-16-14(20)21/h2-4,7,11H,5-6,8-9H2,1H3,(H,16,21)/t11-/m0/s1. The van der Waals surface area contributed by atoms with Crippen LogP contribution in [0.25, 0.3) is 11.4 Å². The van der Waals surface area contributed by atoms with E-state index in [0.717, 1.165) is 11.3 Å². The largest absolute Gasteiger partial charge is 0.497 e. The summed E-state index contributed by atoms with van der Waals surface area (Å²) in [5, 5.41) is 6.92. The van der Waals surface area contributed by atoms with E-state index >= 15 is 0 Å². The Balaban J connectivity index is 1.53. The van der Waals surface area contributed by atoms with Crippen LogP contribution in [0, 0.1) is 0 Å². The fourth-order valence-corrected chi connectivity index (χ4v) is 3.00. The second-order valence-corrected chi connectivity index (χ2v) is 5.61. The lowest BCUT2D eigenvalue weighted by atomic mass is 10.2. The van der Waals surface area contributed by atoms with E-state index in [1.165, 1.54) is 0 Å². The van der Waals surface area contributed by atoms with E-state index < -0.39 is 0 Å². The summed E-state index contributed by atoms with van der Waals surface area (Å²) in [5.74, 6) is 1.28. The maximum atomic E-state index is 11.6. The summed E-state index contributed by atoms with van der Waals surface area (Å²) >= 11 is 0. The number of benzene rings is 1. The quantitative estimate of drug-likeness (QED) is 0.908. The molecule has 0 radical (unpaired) electrons. The molecular formula is C15H17N5O3. The maximum Gasteiger partial charge on any atom is 0.324 e. The number of carbonyl (C=O) groups excluding carboxylic acids is 1. The van der Waals surface area contributed by atoms with Gasteiger partial charge in [0.05, 0.1) is 13.2 Å². The number of ether oxygens (including phenoxy) is 1. The van der Waals surface area contributed by atoms with Gasteiger partial charge in [-0.1, -0.05) is 17.3 Å². The molecule has 2 amide bonds. The molecule has 0 bridgehead atoms. The van der Waals surface area contributed by atoms with Crippen molar-refractivity contribution in [1.82, 2.24) is 20.4 Å². The lowest BCUT2D eigenvalue weighted by molar-refractivity contribution is 0.196. The van der Waals surface area contributed by atoms with Crippen LogP contribution in [-0.4, -0.2) is 60.4 Å². The van der Waals surface area contributed by atoms with Gasteiger partial charge in [0.15, 0.2) is 0 Å². The summed E-state index contributed by atoms with van der Waals surface area (Å²) in [4.78, 5) is 20.0. The highest BCUT2D eigenvalue weighted by Crippen LogP contribution is 2.25. The molecule has 2 fully saturated rings. The van der Waals surface area contributed by atoms with Gasteiger partial charge in [0, 0.05) is 31.7 Å². The van der Waals surface area contributed by atoms with E-state index in [1.807, 2.05) is 34.1 Å². The Morgan fingerprint density at radius 2 is 2.30 bits per heavy atom. The Morgan fingerprint density at radius 1 is 1.39 bits per heavy atom. The lowest BCUT2D eigenvalue weighted by Crippen LogP contribution is -2.52. The number of anilines is 1. The molecule has 0 spiro atoms. The number of aromatic nitrogens is 2. The van der Waals surface area contributed by atoms with Crippen LogP contribution >= 0.6 is 0 Å². The van der Waals surface area contributed by atoms with Crippen LogP contribution in [0.15, 0.2) is 28.8 Å². The number of piperazine rings is 1. The van der Waals surface area contributed by atoms with Crippen molar-refractivity contribution in [2.24, 2.45) is 0 Å². The van der Waals surface area contributed by atoms with Gasteiger partial charge >= 0.3 is 12.0 Å². The van der Waals surface area contributed by atoms with Crippen molar-refractivity contribution in [3.63, 3.8) is 0 Å². The Labute approximate surface area is 133 Å². The van der Waals surface area contributed by atoms with Crippen LogP contribution in [0.1, 0.15) is 0 Å². The molecule has 2 aromatic rings. The molecule has 2 saturated heterocycles. The molecule has 0 saturated carbocycles. The second-order valence-electron chi connectivity index (χ2n) is 5.61. The minimum atomic E-state index is 0.0113. The molecular weight excluding hydrogens is 298 g/mol. The highest BCUT2D eigenvalue weighted by atomic mass is 16.5. The third-order valence-electron chi connectivity index (χ3n) is 4.25. The van der Waals surface area contributed by atoms with E-state index in [2.05, 4.69) is 15.5 Å². The minimum absolute atomic E-state index is 0.0113. The highest BCUT2D eigenvalue weighted by Gasteiger charge is 2.36. The zero-order valence-electron chi connectivity index (χ0n) is 12.7. The molecule has 3 heterocycles. The zero-order valence-corrected chi connectivity index (χ0v) is 12.7. The van der Waals surface area contributed by atoms with Gasteiger partial charge in [-0.05, 0) is 12.1 Å². The predicted molar refractivity (Wildman–Crippen MR) is 82.4 cm³/mol. The van der Waals surface area contributed by atoms with Crippen LogP contribution in [0.3, 0.4) is 0 Å². The molecule has 1 aromatic carbocycles. The zero-order chi connectivity index (χ0) is 15.8. The molecule has 2 aliphatic rings. The number of nitrogens with zero attached hydrogens (tertiary/aromatic N) is 4. The van der Waals surface area contributed by atoms with E-state index in [0.29, 0.717) is 38.0 Å². The van der Waals surface area contributed by atoms with E-state index in [4.69, 9.17) is 9.26 Å². The van der Waals surface area contributed by atoms with Crippen molar-refractivity contribution in [3.05, 3.63) is 24.3 Å². The van der Waals surface area contributed by atoms with Crippen molar-refractivity contribution in [2.75, 3.05) is 38.2 Å². The van der Waals surface area contributed by atoms with Gasteiger partial charge in [0.1, 0.15) is 5.75 Å². The van der Waals surface area contributed by atoms with Crippen molar-refractivity contribution < 1.29 is 14.1 Å². The average Bonchev–Trinajstić information content (AvgIpc) is 3.22. The summed E-state index contributed by atoms with van der Waals surface area (Å²) in [5.41, 5.74) is 0.843. The highest BCUT2D eigenvalue weighted by molar-refractivity contribution is 5.77. The van der Waals surface area contributed by atoms with Gasteiger partial charge in [-0.25, -0.2) is 4.79 Å². The Morgan fingerprint density at radius 3 is 3.17 bits per heavy atom. The number of carbonyl (C=O) groups is 1. The van der Waals surface area contributed by atoms with Gasteiger partial charge in [0.2, 0.25) is 5.82 Å². The van der Waals surface area contributed by atoms with Crippen LogP contribution in [-0.2, 0) is 0 Å². The topological polar surface area (TPSA) is 83.7 Å². The van der Waals surface area contributed by atoms with Gasteiger partial charge in [-0.15, -0.1) is 0 Å². The minimum Gasteiger partial charge on any atom is -0.497 e. The normalized spacial score (nSPS) is 20.4. The Kier molecular flexibility index (Phi) is 3.29. The summed E-state index contributed by atoms with van der Waals surface area (Å²) < 4.78 is 10.6. The van der Waals surface area contributed by atoms with E-state index in [-0.39, 0.29) is 12.1 Å². The van der Waals surface area contributed by atoms with Gasteiger partial charge in [-0.2, -0.15) is 4.98 Å². The third-order valence-corrected chi connectivity index (χ3v) is 4.25. The van der Waals surface area contributed by atoms with Gasteiger partial charge < -0.3 is 24.4 Å². The van der Waals surface area contributed by atoms with Crippen molar-refractivity contribution >= 4 is 12.0 Å². The monoisotopic (exact) mass is 315 g/mol. The molecule has 1 aromatic heterocycles. The first-order chi connectivity index (χ1) is 11.2. The first-order valence-corrected chi connectivity index (χ1v) is 7.52. The van der Waals surface area contributed by atoms with Crippen molar-refractivity contribution in [1.29, 1.82) is 0 Å². The molecule has 2 aliphatic heterocycles. The number of amides is 2. The Hall–Kier alpha value is -2.77. The lowest BCUT2D eigenvalue weighted by Gasteiger charge is -2.35. The number of hydrogen-bond donors (Lipinski definition) is 1. The van der Waals surface area contributed by atoms with Crippen LogP contribution in [0.4, 0.5) is 10.8 Å². The summed E-state index contributed by atoms with van der Waals surface area (Å²) in [6.45, 7) is 2.70. The fourth-order valence-electron chi connectivity index (χ4n) is 3.00. The second kappa shape index (κ2) is 5.45. The smallest absolute Gasteiger partial charge is 0.324 e. The molecule has 8 nitrogen and oxygen atoms in total. The first-order valence-electron chi connectivity index (χ1n) is 7.52. The SMILES string of the molecule is COc1cccc(-c2noc(N3CCN4C(=O)NC[C@H]4C3)n2)c1. The maximum absolute atomic E-state index is 11.6. The third kappa shape index (κ3) is 2.45. The molecule has 1 atom stereocenters. The molecule has 23 heavy (non-hydrogen) atoms. The van der Waals surface area contributed by atoms with Crippen molar-refractivity contribution in [2.45, 2.75) is 6.04 Å². The van der Waals surface area contributed by atoms with Gasteiger partial charge in [-0.3, -0.25) is 0 Å². The molecule has 0 unspecified atom stereocenters. The summed E-state index contributed by atoms with van der Waals surface area (Å²) in [7, 11) is 1.62. The molecule has 0 aliphatic carbocycles. The number of urea groups is 1. The van der Waals surface area contributed by atoms with Crippen LogP contribution in [0.5, 0.6) is 5.75 Å². The van der Waals surface area contributed by atoms with Crippen molar-refractivity contribution in [3.8, 4) is 17.1 Å². The van der Waals surface area contributed by atoms with Gasteiger partial charge in [0.25, 0.3) is 0 Å². The van der Waals surface area contributed by atoms with Crippen LogP contribution < -0.4 is 15.0 Å². The number of nitrogens with one attached hydrogen (secondary N) is 1. The fraction of sp³-hybridized carbons (Fsp3) is 0.400. The Bertz CT molecular complexity index is 731. The number of hydrogen-bond acceptors (Lipinski definition) is 6. The molecule has 120 valence electrons.